The van der Waals surface area contributed by atoms with E-state index in [2.05, 4.69) is 5.32 Å². The third-order valence-corrected chi connectivity index (χ3v) is 3.83. The summed E-state index contributed by atoms with van der Waals surface area (Å²) in [7, 11) is -0.889. The molecule has 0 aromatic heterocycles. The molecule has 6 heteroatoms. The van der Waals surface area contributed by atoms with Crippen molar-refractivity contribution in [2.45, 2.75) is 6.92 Å². The van der Waals surface area contributed by atoms with Crippen LogP contribution in [0.4, 0.5) is 5.69 Å². The van der Waals surface area contributed by atoms with Gasteiger partial charge in [0.25, 0.3) is 5.91 Å². The maximum atomic E-state index is 11.8. The lowest BCUT2D eigenvalue weighted by Gasteiger charge is -2.08. The predicted octanol–water partition coefficient (Wildman–Crippen LogP) is 1.42. The molecule has 0 bridgehead atoms. The van der Waals surface area contributed by atoms with Crippen molar-refractivity contribution >= 4 is 34.0 Å². The average Bonchev–Trinajstić information content (AvgIpc) is 2.28. The van der Waals surface area contributed by atoms with E-state index in [-0.39, 0.29) is 11.5 Å². The van der Waals surface area contributed by atoms with Gasteiger partial charge in [-0.3, -0.25) is 9.00 Å². The van der Waals surface area contributed by atoms with Crippen molar-refractivity contribution < 1.29 is 9.00 Å². The standard InChI is InChI=1S/C11H15ClN2O2S/c1-2-17(16)7-6-14-11(15)10-8(12)4-3-5-9(10)13/h3-5H,2,6-7,13H2,1H3,(H,14,15). The molecule has 94 valence electrons. The van der Waals surface area contributed by atoms with E-state index in [4.69, 9.17) is 17.3 Å². The summed E-state index contributed by atoms with van der Waals surface area (Å²) in [5.41, 5.74) is 6.29. The molecular weight excluding hydrogens is 260 g/mol. The summed E-state index contributed by atoms with van der Waals surface area (Å²) in [6, 6.07) is 4.91. The molecule has 1 rings (SSSR count). The highest BCUT2D eigenvalue weighted by Gasteiger charge is 2.13. The normalized spacial score (nSPS) is 12.1. The van der Waals surface area contributed by atoms with Crippen molar-refractivity contribution in [3.05, 3.63) is 28.8 Å². The quantitative estimate of drug-likeness (QED) is 0.798. The van der Waals surface area contributed by atoms with Crippen molar-refractivity contribution in [3.8, 4) is 0 Å². The van der Waals surface area contributed by atoms with Gasteiger partial charge < -0.3 is 11.1 Å². The van der Waals surface area contributed by atoms with E-state index in [0.29, 0.717) is 28.8 Å². The van der Waals surface area contributed by atoms with Gasteiger partial charge in [0.2, 0.25) is 0 Å². The molecule has 0 radical (unpaired) electrons. The molecule has 17 heavy (non-hydrogen) atoms. The van der Waals surface area contributed by atoms with Gasteiger partial charge in [0.05, 0.1) is 10.6 Å². The molecule has 1 unspecified atom stereocenters. The van der Waals surface area contributed by atoms with Crippen LogP contribution in [0.3, 0.4) is 0 Å². The summed E-state index contributed by atoms with van der Waals surface area (Å²) >= 11 is 5.89. The smallest absolute Gasteiger partial charge is 0.254 e. The zero-order valence-electron chi connectivity index (χ0n) is 9.53. The Hall–Kier alpha value is -1.07. The lowest BCUT2D eigenvalue weighted by molar-refractivity contribution is 0.0957. The van der Waals surface area contributed by atoms with Crippen molar-refractivity contribution in [1.82, 2.24) is 5.32 Å². The summed E-state index contributed by atoms with van der Waals surface area (Å²) in [5.74, 6) is 0.692. The minimum Gasteiger partial charge on any atom is -0.398 e. The van der Waals surface area contributed by atoms with Gasteiger partial charge in [-0.25, -0.2) is 0 Å². The first-order chi connectivity index (χ1) is 8.06. The van der Waals surface area contributed by atoms with E-state index in [9.17, 15) is 9.00 Å². The number of amides is 1. The van der Waals surface area contributed by atoms with Crippen LogP contribution >= 0.6 is 11.6 Å². The zero-order valence-corrected chi connectivity index (χ0v) is 11.1. The largest absolute Gasteiger partial charge is 0.398 e. The first-order valence-electron chi connectivity index (χ1n) is 5.23. The molecule has 3 N–H and O–H groups in total. The van der Waals surface area contributed by atoms with Gasteiger partial charge in [-0.1, -0.05) is 24.6 Å². The van der Waals surface area contributed by atoms with E-state index < -0.39 is 10.8 Å². The molecule has 0 spiro atoms. The molecule has 0 aliphatic heterocycles. The molecule has 0 fully saturated rings. The molecule has 0 heterocycles. The maximum absolute atomic E-state index is 11.8. The first-order valence-corrected chi connectivity index (χ1v) is 7.10. The van der Waals surface area contributed by atoms with Crippen LogP contribution in [-0.2, 0) is 10.8 Å². The monoisotopic (exact) mass is 274 g/mol. The molecule has 1 atom stereocenters. The number of carbonyl (C=O) groups excluding carboxylic acids is 1. The number of benzene rings is 1. The lowest BCUT2D eigenvalue weighted by Crippen LogP contribution is -2.28. The Morgan fingerprint density at radius 1 is 1.53 bits per heavy atom. The van der Waals surface area contributed by atoms with E-state index in [1.807, 2.05) is 6.92 Å². The first kappa shape index (κ1) is 14.0. The van der Waals surface area contributed by atoms with Crippen LogP contribution in [0.5, 0.6) is 0 Å². The number of nitrogens with one attached hydrogen (secondary N) is 1. The number of hydrogen-bond donors (Lipinski definition) is 2. The Morgan fingerprint density at radius 2 is 2.24 bits per heavy atom. The Morgan fingerprint density at radius 3 is 2.82 bits per heavy atom. The van der Waals surface area contributed by atoms with E-state index in [1.165, 1.54) is 0 Å². The highest BCUT2D eigenvalue weighted by atomic mass is 35.5. The highest BCUT2D eigenvalue weighted by molar-refractivity contribution is 7.84. The lowest BCUT2D eigenvalue weighted by atomic mass is 10.1. The van der Waals surface area contributed by atoms with Gasteiger partial charge in [0.1, 0.15) is 0 Å². The Labute approximate surface area is 108 Å². The fraction of sp³-hybridized carbons (Fsp3) is 0.364. The fourth-order valence-electron chi connectivity index (χ4n) is 1.29. The maximum Gasteiger partial charge on any atom is 0.254 e. The molecule has 1 aromatic carbocycles. The number of rotatable bonds is 5. The molecular formula is C11H15ClN2O2S. The van der Waals surface area contributed by atoms with Crippen LogP contribution in [0.25, 0.3) is 0 Å². The fourth-order valence-corrected chi connectivity index (χ4v) is 2.18. The summed E-state index contributed by atoms with van der Waals surface area (Å²) in [6.07, 6.45) is 0. The van der Waals surface area contributed by atoms with Crippen LogP contribution < -0.4 is 11.1 Å². The van der Waals surface area contributed by atoms with Gasteiger partial charge >= 0.3 is 0 Å². The number of nitrogen functional groups attached to an aromatic ring is 1. The summed E-state index contributed by atoms with van der Waals surface area (Å²) in [6.45, 7) is 2.19. The molecule has 1 amide bonds. The number of carbonyl (C=O) groups is 1. The summed E-state index contributed by atoms with van der Waals surface area (Å²) < 4.78 is 11.2. The highest BCUT2D eigenvalue weighted by Crippen LogP contribution is 2.21. The number of anilines is 1. The van der Waals surface area contributed by atoms with Crippen molar-refractivity contribution in [3.63, 3.8) is 0 Å². The van der Waals surface area contributed by atoms with Crippen LogP contribution in [0, 0.1) is 0 Å². The molecule has 1 aromatic rings. The minimum atomic E-state index is -0.889. The van der Waals surface area contributed by atoms with Crippen LogP contribution in [0.15, 0.2) is 18.2 Å². The molecule has 0 saturated carbocycles. The summed E-state index contributed by atoms with van der Waals surface area (Å²) in [5, 5.41) is 2.97. The Bertz CT molecular complexity index is 417. The molecule has 0 aliphatic rings. The van der Waals surface area contributed by atoms with E-state index in [0.717, 1.165) is 0 Å². The van der Waals surface area contributed by atoms with Crippen LogP contribution in [0.1, 0.15) is 17.3 Å². The SMILES string of the molecule is CCS(=O)CCNC(=O)c1c(N)cccc1Cl. The van der Waals surface area contributed by atoms with E-state index >= 15 is 0 Å². The Balaban J connectivity index is 2.61. The third-order valence-electron chi connectivity index (χ3n) is 2.21. The predicted molar refractivity (Wildman–Crippen MR) is 71.7 cm³/mol. The van der Waals surface area contributed by atoms with Gasteiger partial charge in [0.15, 0.2) is 0 Å². The number of halogens is 1. The summed E-state index contributed by atoms with van der Waals surface area (Å²) in [4.78, 5) is 11.8. The van der Waals surface area contributed by atoms with Gasteiger partial charge in [-0.05, 0) is 12.1 Å². The third kappa shape index (κ3) is 4.02. The van der Waals surface area contributed by atoms with Gasteiger partial charge in [0, 0.05) is 34.5 Å². The average molecular weight is 275 g/mol. The molecule has 0 aliphatic carbocycles. The van der Waals surface area contributed by atoms with Crippen molar-refractivity contribution in [2.24, 2.45) is 0 Å². The van der Waals surface area contributed by atoms with Gasteiger partial charge in [-0.2, -0.15) is 0 Å². The second-order valence-corrected chi connectivity index (χ2v) is 5.67. The zero-order chi connectivity index (χ0) is 12.8. The second-order valence-electron chi connectivity index (χ2n) is 3.39. The van der Waals surface area contributed by atoms with Crippen molar-refractivity contribution in [2.75, 3.05) is 23.8 Å². The van der Waals surface area contributed by atoms with Crippen LogP contribution in [0.2, 0.25) is 5.02 Å². The topological polar surface area (TPSA) is 72.2 Å². The second kappa shape index (κ2) is 6.61. The van der Waals surface area contributed by atoms with Crippen LogP contribution in [-0.4, -0.2) is 28.2 Å². The molecule has 4 nitrogen and oxygen atoms in total. The molecule has 0 saturated heterocycles. The Kier molecular flexibility index (Phi) is 5.44. The minimum absolute atomic E-state index is 0.274. The van der Waals surface area contributed by atoms with Gasteiger partial charge in [-0.15, -0.1) is 0 Å². The number of hydrogen-bond acceptors (Lipinski definition) is 3. The number of nitrogens with two attached hydrogens (primary N) is 1. The van der Waals surface area contributed by atoms with E-state index in [1.54, 1.807) is 18.2 Å². The van der Waals surface area contributed by atoms with Crippen molar-refractivity contribution in [1.29, 1.82) is 0 Å².